The fraction of sp³-hybridized carbons (Fsp3) is 0.583. The predicted octanol–water partition coefficient (Wildman–Crippen LogP) is 1.84. The van der Waals surface area contributed by atoms with E-state index in [2.05, 4.69) is 35.5 Å². The van der Waals surface area contributed by atoms with Crippen molar-refractivity contribution in [1.29, 1.82) is 0 Å². The van der Waals surface area contributed by atoms with Gasteiger partial charge < -0.3 is 5.32 Å². The zero-order valence-electron chi connectivity index (χ0n) is 10.0. The van der Waals surface area contributed by atoms with Gasteiger partial charge in [-0.25, -0.2) is 0 Å². The maximum atomic E-state index is 4.54. The number of likely N-dealkylation sites (N-methyl/N-ethyl adjacent to an activating group) is 1. The van der Waals surface area contributed by atoms with E-state index in [-0.39, 0.29) is 0 Å². The molecule has 1 aromatic heterocycles. The van der Waals surface area contributed by atoms with Gasteiger partial charge in [0.05, 0.1) is 5.69 Å². The summed E-state index contributed by atoms with van der Waals surface area (Å²) in [6.45, 7) is 9.91. The molecule has 1 heterocycles. The van der Waals surface area contributed by atoms with Crippen LogP contribution < -0.4 is 5.32 Å². The van der Waals surface area contributed by atoms with Crippen molar-refractivity contribution in [3.05, 3.63) is 29.6 Å². The second-order valence-corrected chi connectivity index (χ2v) is 3.80. The van der Waals surface area contributed by atoms with Gasteiger partial charge in [0.15, 0.2) is 0 Å². The molecule has 3 heteroatoms. The molecule has 0 saturated heterocycles. The fourth-order valence-corrected chi connectivity index (χ4v) is 1.78. The molecule has 0 aromatic carbocycles. The lowest BCUT2D eigenvalue weighted by Gasteiger charge is -2.03. The average molecular weight is 207 g/mol. The maximum Gasteiger partial charge on any atom is 0.0628 e. The molecule has 0 amide bonds. The summed E-state index contributed by atoms with van der Waals surface area (Å²) < 4.78 is 2.09. The van der Waals surface area contributed by atoms with E-state index >= 15 is 0 Å². The summed E-state index contributed by atoms with van der Waals surface area (Å²) in [5, 5.41) is 7.71. The summed E-state index contributed by atoms with van der Waals surface area (Å²) in [7, 11) is 1.98. The fourth-order valence-electron chi connectivity index (χ4n) is 1.78. The van der Waals surface area contributed by atoms with Crippen molar-refractivity contribution in [2.75, 3.05) is 13.6 Å². The van der Waals surface area contributed by atoms with E-state index in [4.69, 9.17) is 0 Å². The van der Waals surface area contributed by atoms with Crippen LogP contribution in [0.5, 0.6) is 0 Å². The first-order valence-electron chi connectivity index (χ1n) is 5.49. The van der Waals surface area contributed by atoms with E-state index in [1.807, 2.05) is 13.1 Å². The van der Waals surface area contributed by atoms with Crippen LogP contribution in [-0.2, 0) is 13.0 Å². The Morgan fingerprint density at radius 3 is 2.80 bits per heavy atom. The maximum absolute atomic E-state index is 4.54. The van der Waals surface area contributed by atoms with E-state index in [1.54, 1.807) is 0 Å². The number of aryl methyl sites for hydroxylation is 2. The van der Waals surface area contributed by atoms with E-state index in [0.29, 0.717) is 0 Å². The highest BCUT2D eigenvalue weighted by atomic mass is 15.3. The van der Waals surface area contributed by atoms with Gasteiger partial charge >= 0.3 is 0 Å². The summed E-state index contributed by atoms with van der Waals surface area (Å²) >= 11 is 0. The molecule has 0 aliphatic heterocycles. The molecule has 0 atom stereocenters. The minimum atomic E-state index is 0.940. The van der Waals surface area contributed by atoms with Crippen molar-refractivity contribution in [2.24, 2.45) is 0 Å². The highest BCUT2D eigenvalue weighted by Gasteiger charge is 2.09. The predicted molar refractivity (Wildman–Crippen MR) is 64.1 cm³/mol. The Bertz CT molecular complexity index is 326. The molecule has 0 bridgehead atoms. The van der Waals surface area contributed by atoms with Gasteiger partial charge in [-0.3, -0.25) is 4.68 Å². The molecule has 0 fully saturated rings. The number of allylic oxidation sites excluding steroid dienone is 1. The number of rotatable bonds is 6. The molecule has 1 N–H and O–H groups in total. The lowest BCUT2D eigenvalue weighted by atomic mass is 10.1. The van der Waals surface area contributed by atoms with Crippen LogP contribution in [0.4, 0.5) is 0 Å². The molecule has 84 valence electrons. The van der Waals surface area contributed by atoms with Gasteiger partial charge in [0.2, 0.25) is 0 Å². The van der Waals surface area contributed by atoms with Gasteiger partial charge in [-0.1, -0.05) is 6.08 Å². The zero-order chi connectivity index (χ0) is 11.3. The van der Waals surface area contributed by atoms with E-state index in [9.17, 15) is 0 Å². The lowest BCUT2D eigenvalue weighted by Crippen LogP contribution is -2.11. The first-order valence-corrected chi connectivity index (χ1v) is 5.49. The highest BCUT2D eigenvalue weighted by molar-refractivity contribution is 5.24. The molecule has 1 rings (SSSR count). The Kier molecular flexibility index (Phi) is 4.56. The zero-order valence-corrected chi connectivity index (χ0v) is 10.0. The minimum absolute atomic E-state index is 0.940. The van der Waals surface area contributed by atoms with Gasteiger partial charge in [0, 0.05) is 12.2 Å². The Hall–Kier alpha value is -1.09. The highest BCUT2D eigenvalue weighted by Crippen LogP contribution is 2.13. The molecular weight excluding hydrogens is 186 g/mol. The quantitative estimate of drug-likeness (QED) is 0.721. The number of nitrogens with zero attached hydrogens (tertiary/aromatic N) is 2. The Labute approximate surface area is 92.2 Å². The normalized spacial score (nSPS) is 10.6. The standard InChI is InChI=1S/C12H21N3/c1-5-6-9-15-11(3)12(7-8-13-4)10(2)14-15/h5,13H,1,6-9H2,2-4H3. The van der Waals surface area contributed by atoms with Crippen LogP contribution in [0, 0.1) is 13.8 Å². The van der Waals surface area contributed by atoms with Crippen LogP contribution in [0.3, 0.4) is 0 Å². The van der Waals surface area contributed by atoms with Gasteiger partial charge in [-0.2, -0.15) is 5.10 Å². The third-order valence-electron chi connectivity index (χ3n) is 2.70. The van der Waals surface area contributed by atoms with Crippen molar-refractivity contribution < 1.29 is 0 Å². The minimum Gasteiger partial charge on any atom is -0.319 e. The number of nitrogens with one attached hydrogen (secondary N) is 1. The Balaban J connectivity index is 2.78. The number of hydrogen-bond donors (Lipinski definition) is 1. The van der Waals surface area contributed by atoms with Crippen molar-refractivity contribution in [2.45, 2.75) is 33.2 Å². The largest absolute Gasteiger partial charge is 0.319 e. The number of aromatic nitrogens is 2. The summed E-state index contributed by atoms with van der Waals surface area (Å²) in [4.78, 5) is 0. The topological polar surface area (TPSA) is 29.9 Å². The van der Waals surface area contributed by atoms with Crippen LogP contribution in [0.25, 0.3) is 0 Å². The summed E-state index contributed by atoms with van der Waals surface area (Å²) in [6.07, 6.45) is 3.97. The van der Waals surface area contributed by atoms with E-state index in [0.717, 1.165) is 31.6 Å². The average Bonchev–Trinajstić information content (AvgIpc) is 2.49. The Morgan fingerprint density at radius 2 is 2.20 bits per heavy atom. The summed E-state index contributed by atoms with van der Waals surface area (Å²) in [6, 6.07) is 0. The third-order valence-corrected chi connectivity index (χ3v) is 2.70. The van der Waals surface area contributed by atoms with Crippen LogP contribution in [0.2, 0.25) is 0 Å². The third kappa shape index (κ3) is 2.93. The monoisotopic (exact) mass is 207 g/mol. The summed E-state index contributed by atoms with van der Waals surface area (Å²) in [5.41, 5.74) is 3.84. The molecule has 0 radical (unpaired) electrons. The van der Waals surface area contributed by atoms with Crippen molar-refractivity contribution in [3.8, 4) is 0 Å². The van der Waals surface area contributed by atoms with Gasteiger partial charge in [0.1, 0.15) is 0 Å². The molecule has 0 spiro atoms. The van der Waals surface area contributed by atoms with Crippen molar-refractivity contribution in [3.63, 3.8) is 0 Å². The van der Waals surface area contributed by atoms with Gasteiger partial charge in [-0.15, -0.1) is 6.58 Å². The lowest BCUT2D eigenvalue weighted by molar-refractivity contribution is 0.601. The van der Waals surface area contributed by atoms with Crippen LogP contribution >= 0.6 is 0 Å². The molecule has 0 aliphatic rings. The van der Waals surface area contributed by atoms with Gasteiger partial charge in [-0.05, 0) is 45.8 Å². The van der Waals surface area contributed by atoms with Crippen LogP contribution in [0.1, 0.15) is 23.4 Å². The SMILES string of the molecule is C=CCCn1nc(C)c(CCNC)c1C. The van der Waals surface area contributed by atoms with E-state index in [1.165, 1.54) is 11.3 Å². The second-order valence-electron chi connectivity index (χ2n) is 3.80. The molecular formula is C12H21N3. The molecule has 0 aliphatic carbocycles. The molecule has 0 unspecified atom stereocenters. The first kappa shape index (κ1) is 12.0. The summed E-state index contributed by atoms with van der Waals surface area (Å²) in [5.74, 6) is 0. The molecule has 0 saturated carbocycles. The van der Waals surface area contributed by atoms with Crippen LogP contribution in [0.15, 0.2) is 12.7 Å². The van der Waals surface area contributed by atoms with Crippen molar-refractivity contribution in [1.82, 2.24) is 15.1 Å². The molecule has 1 aromatic rings. The molecule has 15 heavy (non-hydrogen) atoms. The first-order chi connectivity index (χ1) is 7.20. The smallest absolute Gasteiger partial charge is 0.0628 e. The van der Waals surface area contributed by atoms with E-state index < -0.39 is 0 Å². The Morgan fingerprint density at radius 1 is 1.47 bits per heavy atom. The van der Waals surface area contributed by atoms with Gasteiger partial charge in [0.25, 0.3) is 0 Å². The van der Waals surface area contributed by atoms with Crippen molar-refractivity contribution >= 4 is 0 Å². The number of hydrogen-bond acceptors (Lipinski definition) is 2. The molecule has 3 nitrogen and oxygen atoms in total. The second kappa shape index (κ2) is 5.71. The van der Waals surface area contributed by atoms with Crippen LogP contribution in [-0.4, -0.2) is 23.4 Å².